The van der Waals surface area contributed by atoms with E-state index in [1.54, 1.807) is 42.5 Å². The number of benzene rings is 3. The number of halogens is 2. The number of carbonyl (C=O) groups excluding carboxylic acids is 2. The maximum absolute atomic E-state index is 13.5. The molecular weight excluding hydrogens is 431 g/mol. The van der Waals surface area contributed by atoms with Gasteiger partial charge < -0.3 is 10.1 Å². The number of carbonyl (C=O) groups is 2. The van der Waals surface area contributed by atoms with Gasteiger partial charge in [-0.15, -0.1) is 0 Å². The Hall–Kier alpha value is -3.64. The highest BCUT2D eigenvalue weighted by molar-refractivity contribution is 6.46. The quantitative estimate of drug-likeness (QED) is 0.471. The molecule has 0 fully saturated rings. The molecule has 0 saturated heterocycles. The molecule has 1 N–H and O–H groups in total. The van der Waals surface area contributed by atoms with Gasteiger partial charge in [-0.05, 0) is 60.5 Å². The standard InChI is InChI=1S/C25H20ClFN2O3/c1-2-14-32-21-5-3-4-19(15-21)28-23-22(16-6-10-18(27)11-7-16)24(30)29(25(23)31)20-12-8-17(26)9-13-20/h3-13,15,28H,2,14H2,1H3. The first-order valence-electron chi connectivity index (χ1n) is 10.1. The van der Waals surface area contributed by atoms with E-state index in [0.29, 0.717) is 34.3 Å². The van der Waals surface area contributed by atoms with Crippen LogP contribution in [0.1, 0.15) is 18.9 Å². The lowest BCUT2D eigenvalue weighted by molar-refractivity contribution is -0.120. The van der Waals surface area contributed by atoms with Crippen LogP contribution in [0.2, 0.25) is 5.02 Å². The third-order valence-corrected chi connectivity index (χ3v) is 5.13. The summed E-state index contributed by atoms with van der Waals surface area (Å²) in [6, 6.07) is 19.0. The fourth-order valence-electron chi connectivity index (χ4n) is 3.38. The summed E-state index contributed by atoms with van der Waals surface area (Å²) >= 11 is 5.96. The summed E-state index contributed by atoms with van der Waals surface area (Å²) in [7, 11) is 0. The number of nitrogens with zero attached hydrogens (tertiary/aromatic N) is 1. The Morgan fingerprint density at radius 2 is 1.69 bits per heavy atom. The van der Waals surface area contributed by atoms with Crippen molar-refractivity contribution in [3.05, 3.63) is 94.9 Å². The molecule has 0 aromatic heterocycles. The van der Waals surface area contributed by atoms with Crippen LogP contribution in [0, 0.1) is 5.82 Å². The van der Waals surface area contributed by atoms with Gasteiger partial charge in [-0.2, -0.15) is 0 Å². The molecule has 1 aliphatic heterocycles. The molecule has 0 bridgehead atoms. The molecule has 0 aliphatic carbocycles. The second kappa shape index (κ2) is 9.24. The molecular formula is C25H20ClFN2O3. The maximum Gasteiger partial charge on any atom is 0.282 e. The summed E-state index contributed by atoms with van der Waals surface area (Å²) in [5, 5.41) is 3.57. The van der Waals surface area contributed by atoms with E-state index in [1.807, 2.05) is 13.0 Å². The van der Waals surface area contributed by atoms with Gasteiger partial charge in [-0.1, -0.05) is 36.7 Å². The smallest absolute Gasteiger partial charge is 0.282 e. The fourth-order valence-corrected chi connectivity index (χ4v) is 3.51. The van der Waals surface area contributed by atoms with Crippen LogP contribution in [0.4, 0.5) is 15.8 Å². The molecule has 3 aromatic carbocycles. The van der Waals surface area contributed by atoms with Crippen molar-refractivity contribution in [3.8, 4) is 5.75 Å². The van der Waals surface area contributed by atoms with Gasteiger partial charge in [0.1, 0.15) is 17.3 Å². The monoisotopic (exact) mass is 450 g/mol. The Labute approximate surface area is 190 Å². The topological polar surface area (TPSA) is 58.6 Å². The predicted molar refractivity (Wildman–Crippen MR) is 123 cm³/mol. The summed E-state index contributed by atoms with van der Waals surface area (Å²) in [6.45, 7) is 2.57. The minimum absolute atomic E-state index is 0.101. The van der Waals surface area contributed by atoms with E-state index in [-0.39, 0.29) is 11.3 Å². The summed E-state index contributed by atoms with van der Waals surface area (Å²) in [5.74, 6) is -0.815. The molecule has 1 aliphatic rings. The first-order chi connectivity index (χ1) is 15.5. The largest absolute Gasteiger partial charge is 0.494 e. The summed E-state index contributed by atoms with van der Waals surface area (Å²) in [6.07, 6.45) is 0.862. The molecule has 0 saturated carbocycles. The highest BCUT2D eigenvalue weighted by Crippen LogP contribution is 2.34. The van der Waals surface area contributed by atoms with E-state index < -0.39 is 17.6 Å². The summed E-state index contributed by atoms with van der Waals surface area (Å²) in [4.78, 5) is 27.8. The van der Waals surface area contributed by atoms with E-state index in [1.165, 1.54) is 24.3 Å². The Kier molecular flexibility index (Phi) is 6.23. The molecule has 2 amide bonds. The molecule has 0 radical (unpaired) electrons. The number of ether oxygens (including phenoxy) is 1. The van der Waals surface area contributed by atoms with Crippen LogP contribution in [0.5, 0.6) is 5.75 Å². The Balaban J connectivity index is 1.75. The van der Waals surface area contributed by atoms with Gasteiger partial charge in [0.05, 0.1) is 17.9 Å². The van der Waals surface area contributed by atoms with Crippen molar-refractivity contribution >= 4 is 40.4 Å². The molecule has 0 unspecified atom stereocenters. The van der Waals surface area contributed by atoms with Gasteiger partial charge in [0.2, 0.25) is 0 Å². The highest BCUT2D eigenvalue weighted by Gasteiger charge is 2.40. The zero-order valence-electron chi connectivity index (χ0n) is 17.3. The molecule has 7 heteroatoms. The molecule has 0 atom stereocenters. The lowest BCUT2D eigenvalue weighted by atomic mass is 10.0. The van der Waals surface area contributed by atoms with Crippen molar-refractivity contribution in [2.75, 3.05) is 16.8 Å². The third kappa shape index (κ3) is 4.36. The molecule has 1 heterocycles. The van der Waals surface area contributed by atoms with Gasteiger partial charge in [0.25, 0.3) is 11.8 Å². The van der Waals surface area contributed by atoms with Gasteiger partial charge >= 0.3 is 0 Å². The van der Waals surface area contributed by atoms with Crippen LogP contribution in [0.15, 0.2) is 78.5 Å². The number of hydrogen-bond acceptors (Lipinski definition) is 4. The van der Waals surface area contributed by atoms with Gasteiger partial charge in [-0.25, -0.2) is 9.29 Å². The maximum atomic E-state index is 13.5. The summed E-state index contributed by atoms with van der Waals surface area (Å²) < 4.78 is 19.2. The average molecular weight is 451 g/mol. The second-order valence-corrected chi connectivity index (χ2v) is 7.62. The van der Waals surface area contributed by atoms with Crippen LogP contribution < -0.4 is 15.0 Å². The lowest BCUT2D eigenvalue weighted by Crippen LogP contribution is -2.32. The first-order valence-corrected chi connectivity index (χ1v) is 10.5. The number of amides is 2. The molecule has 162 valence electrons. The number of nitrogens with one attached hydrogen (secondary N) is 1. The van der Waals surface area contributed by atoms with Crippen LogP contribution >= 0.6 is 11.6 Å². The molecule has 5 nitrogen and oxygen atoms in total. The first kappa shape index (κ1) is 21.6. The second-order valence-electron chi connectivity index (χ2n) is 7.18. The zero-order valence-corrected chi connectivity index (χ0v) is 18.0. The Morgan fingerprint density at radius 1 is 0.969 bits per heavy atom. The van der Waals surface area contributed by atoms with Gasteiger partial charge in [-0.3, -0.25) is 9.59 Å². The fraction of sp³-hybridized carbons (Fsp3) is 0.120. The third-order valence-electron chi connectivity index (χ3n) is 4.88. The van der Waals surface area contributed by atoms with E-state index in [0.717, 1.165) is 11.3 Å². The predicted octanol–water partition coefficient (Wildman–Crippen LogP) is 5.66. The van der Waals surface area contributed by atoms with Crippen molar-refractivity contribution in [2.45, 2.75) is 13.3 Å². The molecule has 0 spiro atoms. The zero-order chi connectivity index (χ0) is 22.7. The van der Waals surface area contributed by atoms with Crippen LogP contribution in [-0.2, 0) is 9.59 Å². The minimum atomic E-state index is -0.517. The molecule has 4 rings (SSSR count). The number of anilines is 2. The number of imide groups is 1. The van der Waals surface area contributed by atoms with Crippen LogP contribution in [0.3, 0.4) is 0 Å². The van der Waals surface area contributed by atoms with Crippen molar-refractivity contribution in [1.82, 2.24) is 0 Å². The highest BCUT2D eigenvalue weighted by atomic mass is 35.5. The SMILES string of the molecule is CCCOc1cccc(NC2=C(c3ccc(F)cc3)C(=O)N(c3ccc(Cl)cc3)C2=O)c1. The van der Waals surface area contributed by atoms with Gasteiger partial charge in [0, 0.05) is 16.8 Å². The van der Waals surface area contributed by atoms with Crippen molar-refractivity contribution < 1.29 is 18.7 Å². The van der Waals surface area contributed by atoms with E-state index in [9.17, 15) is 14.0 Å². The molecule has 3 aromatic rings. The van der Waals surface area contributed by atoms with E-state index in [4.69, 9.17) is 16.3 Å². The minimum Gasteiger partial charge on any atom is -0.494 e. The number of hydrogen-bond donors (Lipinski definition) is 1. The summed E-state index contributed by atoms with van der Waals surface area (Å²) in [5.41, 5.74) is 1.67. The Bertz CT molecular complexity index is 1190. The normalized spacial score (nSPS) is 13.7. The van der Waals surface area contributed by atoms with Crippen molar-refractivity contribution in [2.24, 2.45) is 0 Å². The van der Waals surface area contributed by atoms with Gasteiger partial charge in [0.15, 0.2) is 0 Å². The van der Waals surface area contributed by atoms with Crippen LogP contribution in [0.25, 0.3) is 5.57 Å². The van der Waals surface area contributed by atoms with Crippen LogP contribution in [-0.4, -0.2) is 18.4 Å². The lowest BCUT2D eigenvalue weighted by Gasteiger charge is -2.15. The van der Waals surface area contributed by atoms with Crippen molar-refractivity contribution in [1.29, 1.82) is 0 Å². The molecule has 32 heavy (non-hydrogen) atoms. The van der Waals surface area contributed by atoms with E-state index in [2.05, 4.69) is 5.32 Å². The van der Waals surface area contributed by atoms with E-state index >= 15 is 0 Å². The van der Waals surface area contributed by atoms with Crippen molar-refractivity contribution in [3.63, 3.8) is 0 Å². The average Bonchev–Trinajstić information content (AvgIpc) is 3.03. The number of rotatable bonds is 7. The Morgan fingerprint density at radius 3 is 2.38 bits per heavy atom.